The van der Waals surface area contributed by atoms with Crippen molar-refractivity contribution in [3.63, 3.8) is 0 Å². The van der Waals surface area contributed by atoms with Gasteiger partial charge in [0.15, 0.2) is 0 Å². The van der Waals surface area contributed by atoms with Crippen molar-refractivity contribution in [1.29, 1.82) is 0 Å². The molecule has 2 aliphatic rings. The van der Waals surface area contributed by atoms with Gasteiger partial charge in [0, 0.05) is 18.5 Å². The molecule has 2 fully saturated rings. The van der Waals surface area contributed by atoms with E-state index in [1.807, 2.05) is 0 Å². The van der Waals surface area contributed by atoms with Gasteiger partial charge in [-0.05, 0) is 31.0 Å². The highest BCUT2D eigenvalue weighted by atomic mass is 19.1. The molecule has 0 aromatic heterocycles. The number of anilines is 1. The second kappa shape index (κ2) is 5.22. The van der Waals surface area contributed by atoms with Crippen LogP contribution in [0.5, 0.6) is 0 Å². The van der Waals surface area contributed by atoms with E-state index in [0.29, 0.717) is 11.3 Å². The van der Waals surface area contributed by atoms with Gasteiger partial charge in [0.05, 0.1) is 11.1 Å². The summed E-state index contributed by atoms with van der Waals surface area (Å²) in [5.41, 5.74) is 5.73. The Labute approximate surface area is 123 Å². The summed E-state index contributed by atoms with van der Waals surface area (Å²) in [7, 11) is 0. The van der Waals surface area contributed by atoms with Gasteiger partial charge in [0.1, 0.15) is 5.82 Å². The molecule has 1 saturated heterocycles. The van der Waals surface area contributed by atoms with E-state index in [0.717, 1.165) is 32.1 Å². The predicted octanol–water partition coefficient (Wildman–Crippen LogP) is 2.50. The molecule has 0 radical (unpaired) electrons. The number of rotatable bonds is 2. The monoisotopic (exact) mass is 290 g/mol. The van der Waals surface area contributed by atoms with Crippen molar-refractivity contribution in [2.75, 3.05) is 4.90 Å². The van der Waals surface area contributed by atoms with E-state index >= 15 is 0 Å². The van der Waals surface area contributed by atoms with E-state index in [-0.39, 0.29) is 24.8 Å². The highest BCUT2D eigenvalue weighted by Gasteiger charge is 2.52. The average Bonchev–Trinajstić information content (AvgIpc) is 2.72. The normalized spacial score (nSPS) is 21.3. The molecule has 1 aliphatic carbocycles. The van der Waals surface area contributed by atoms with Crippen LogP contribution in [0.1, 0.15) is 44.1 Å². The minimum absolute atomic E-state index is 0.0427. The molecule has 2 amide bonds. The van der Waals surface area contributed by atoms with Gasteiger partial charge in [-0.3, -0.25) is 14.5 Å². The first kappa shape index (κ1) is 14.2. The number of nitrogens with zero attached hydrogens (tertiary/aromatic N) is 1. The van der Waals surface area contributed by atoms with Crippen LogP contribution in [0.2, 0.25) is 0 Å². The fourth-order valence-electron chi connectivity index (χ4n) is 3.53. The Bertz CT molecular complexity index is 594. The third-order valence-electron chi connectivity index (χ3n) is 4.71. The summed E-state index contributed by atoms with van der Waals surface area (Å²) in [5, 5.41) is 0. The third kappa shape index (κ3) is 2.25. The van der Waals surface area contributed by atoms with Crippen LogP contribution in [0, 0.1) is 11.2 Å². The van der Waals surface area contributed by atoms with E-state index in [2.05, 4.69) is 0 Å². The Kier molecular flexibility index (Phi) is 3.53. The maximum Gasteiger partial charge on any atom is 0.240 e. The summed E-state index contributed by atoms with van der Waals surface area (Å²) in [6.45, 7) is 0.0427. The Morgan fingerprint density at radius 2 is 1.90 bits per heavy atom. The number of nitrogens with two attached hydrogens (primary N) is 1. The van der Waals surface area contributed by atoms with Gasteiger partial charge in [-0.1, -0.05) is 19.3 Å². The SMILES string of the molecule is NCc1cc(N2C(=O)CC3(CCCCC3)C2=O)ccc1F. The maximum absolute atomic E-state index is 13.5. The maximum atomic E-state index is 13.5. The Morgan fingerprint density at radius 3 is 2.57 bits per heavy atom. The highest BCUT2D eigenvalue weighted by Crippen LogP contribution is 2.46. The first-order chi connectivity index (χ1) is 10.1. The molecule has 1 aromatic rings. The van der Waals surface area contributed by atoms with E-state index in [1.165, 1.54) is 23.1 Å². The zero-order valence-electron chi connectivity index (χ0n) is 11.9. The number of hydrogen-bond donors (Lipinski definition) is 1. The van der Waals surface area contributed by atoms with Crippen LogP contribution in [-0.2, 0) is 16.1 Å². The summed E-state index contributed by atoms with van der Waals surface area (Å²) in [6, 6.07) is 4.25. The fraction of sp³-hybridized carbons (Fsp3) is 0.500. The lowest BCUT2D eigenvalue weighted by atomic mass is 9.73. The summed E-state index contributed by atoms with van der Waals surface area (Å²) in [6.07, 6.45) is 4.94. The first-order valence-electron chi connectivity index (χ1n) is 7.43. The molecule has 1 spiro atoms. The molecular formula is C16H19FN2O2. The van der Waals surface area contributed by atoms with E-state index in [9.17, 15) is 14.0 Å². The second-order valence-corrected chi connectivity index (χ2v) is 6.03. The summed E-state index contributed by atoms with van der Waals surface area (Å²) in [5.74, 6) is -0.717. The van der Waals surface area contributed by atoms with Crippen molar-refractivity contribution >= 4 is 17.5 Å². The van der Waals surface area contributed by atoms with Crippen molar-refractivity contribution in [3.05, 3.63) is 29.6 Å². The average molecular weight is 290 g/mol. The van der Waals surface area contributed by atoms with E-state index in [1.54, 1.807) is 0 Å². The smallest absolute Gasteiger partial charge is 0.240 e. The topological polar surface area (TPSA) is 63.4 Å². The van der Waals surface area contributed by atoms with Gasteiger partial charge in [-0.15, -0.1) is 0 Å². The quantitative estimate of drug-likeness (QED) is 0.851. The highest BCUT2D eigenvalue weighted by molar-refractivity contribution is 6.22. The van der Waals surface area contributed by atoms with Crippen molar-refractivity contribution in [2.24, 2.45) is 11.1 Å². The Hall–Kier alpha value is -1.75. The molecule has 0 bridgehead atoms. The van der Waals surface area contributed by atoms with Crippen molar-refractivity contribution in [1.82, 2.24) is 0 Å². The van der Waals surface area contributed by atoms with Crippen LogP contribution >= 0.6 is 0 Å². The summed E-state index contributed by atoms with van der Waals surface area (Å²) >= 11 is 0. The van der Waals surface area contributed by atoms with Gasteiger partial charge in [0.25, 0.3) is 0 Å². The van der Waals surface area contributed by atoms with Gasteiger partial charge in [-0.2, -0.15) is 0 Å². The second-order valence-electron chi connectivity index (χ2n) is 6.03. The first-order valence-corrected chi connectivity index (χ1v) is 7.43. The molecule has 5 heteroatoms. The molecule has 2 N–H and O–H groups in total. The predicted molar refractivity (Wildman–Crippen MR) is 76.9 cm³/mol. The lowest BCUT2D eigenvalue weighted by molar-refractivity contribution is -0.127. The lowest BCUT2D eigenvalue weighted by Crippen LogP contribution is -2.37. The van der Waals surface area contributed by atoms with Gasteiger partial charge >= 0.3 is 0 Å². The third-order valence-corrected chi connectivity index (χ3v) is 4.71. The molecule has 21 heavy (non-hydrogen) atoms. The molecule has 1 heterocycles. The van der Waals surface area contributed by atoms with Gasteiger partial charge < -0.3 is 5.73 Å². The van der Waals surface area contributed by atoms with E-state index in [4.69, 9.17) is 5.73 Å². The van der Waals surface area contributed by atoms with Crippen LogP contribution in [0.3, 0.4) is 0 Å². The van der Waals surface area contributed by atoms with Crippen LogP contribution in [0.4, 0.5) is 10.1 Å². The Balaban J connectivity index is 1.95. The van der Waals surface area contributed by atoms with Crippen LogP contribution in [0.15, 0.2) is 18.2 Å². The van der Waals surface area contributed by atoms with Gasteiger partial charge in [-0.25, -0.2) is 4.39 Å². The molecule has 112 valence electrons. The number of amides is 2. The van der Waals surface area contributed by atoms with Crippen molar-refractivity contribution in [2.45, 2.75) is 45.1 Å². The zero-order valence-corrected chi connectivity index (χ0v) is 11.9. The molecule has 1 aromatic carbocycles. The number of halogens is 1. The van der Waals surface area contributed by atoms with Crippen molar-refractivity contribution in [3.8, 4) is 0 Å². The molecule has 0 atom stereocenters. The molecule has 1 saturated carbocycles. The number of imide groups is 1. The van der Waals surface area contributed by atoms with E-state index < -0.39 is 11.2 Å². The van der Waals surface area contributed by atoms with Crippen LogP contribution in [-0.4, -0.2) is 11.8 Å². The molecular weight excluding hydrogens is 271 g/mol. The fourth-order valence-corrected chi connectivity index (χ4v) is 3.53. The lowest BCUT2D eigenvalue weighted by Gasteiger charge is -2.30. The molecule has 4 nitrogen and oxygen atoms in total. The van der Waals surface area contributed by atoms with Crippen LogP contribution in [0.25, 0.3) is 0 Å². The summed E-state index contributed by atoms with van der Waals surface area (Å²) < 4.78 is 13.5. The molecule has 1 aliphatic heterocycles. The molecule has 3 rings (SSSR count). The summed E-state index contributed by atoms with van der Waals surface area (Å²) in [4.78, 5) is 26.3. The van der Waals surface area contributed by atoms with Crippen molar-refractivity contribution < 1.29 is 14.0 Å². The van der Waals surface area contributed by atoms with Gasteiger partial charge in [0.2, 0.25) is 11.8 Å². The minimum Gasteiger partial charge on any atom is -0.326 e. The number of benzene rings is 1. The standard InChI is InChI=1S/C16H19FN2O2/c17-13-5-4-12(8-11(13)10-18)19-14(20)9-16(15(19)21)6-2-1-3-7-16/h4-5,8H,1-3,6-7,9-10,18H2. The largest absolute Gasteiger partial charge is 0.326 e. The minimum atomic E-state index is -0.521. The Morgan fingerprint density at radius 1 is 1.19 bits per heavy atom. The number of hydrogen-bond acceptors (Lipinski definition) is 3. The number of carbonyl (C=O) groups excluding carboxylic acids is 2. The van der Waals surface area contributed by atoms with Crippen LogP contribution < -0.4 is 10.6 Å². The zero-order chi connectivity index (χ0) is 15.0. The molecule has 0 unspecified atom stereocenters. The number of carbonyl (C=O) groups is 2.